The number of halogens is 2. The monoisotopic (exact) mass is 254 g/mol. The molecule has 0 aliphatic carbocycles. The smallest absolute Gasteiger partial charge is 0.325 e. The molecule has 2 amide bonds. The molecule has 0 aromatic rings. The fourth-order valence-electron chi connectivity index (χ4n) is 0.836. The summed E-state index contributed by atoms with van der Waals surface area (Å²) in [6, 6.07) is -0.585. The van der Waals surface area contributed by atoms with E-state index in [1.54, 1.807) is 6.92 Å². The molecular formula is C9H16F2N2O4. The number of ether oxygens (including phenoxy) is 2. The third-order valence-electron chi connectivity index (χ3n) is 1.47. The second kappa shape index (κ2) is 9.76. The van der Waals surface area contributed by atoms with Crippen molar-refractivity contribution < 1.29 is 27.8 Å². The summed E-state index contributed by atoms with van der Waals surface area (Å²) < 4.78 is 32.4. The van der Waals surface area contributed by atoms with E-state index in [-0.39, 0.29) is 26.3 Å². The molecule has 0 spiro atoms. The van der Waals surface area contributed by atoms with E-state index in [1.807, 2.05) is 0 Å². The van der Waals surface area contributed by atoms with Crippen molar-refractivity contribution in [2.45, 2.75) is 13.3 Å². The topological polar surface area (TPSA) is 76.7 Å². The summed E-state index contributed by atoms with van der Waals surface area (Å²) in [7, 11) is 0. The fourth-order valence-corrected chi connectivity index (χ4v) is 0.836. The Kier molecular flexibility index (Phi) is 8.94. The molecule has 0 atom stereocenters. The number of amides is 2. The van der Waals surface area contributed by atoms with E-state index < -0.39 is 25.0 Å². The number of alkyl halides is 2. The summed E-state index contributed by atoms with van der Waals surface area (Å²) in [6.07, 6.45) is -2.52. The molecule has 0 fully saturated rings. The van der Waals surface area contributed by atoms with E-state index in [0.717, 1.165) is 0 Å². The number of carbonyl (C=O) groups is 2. The molecule has 2 N–H and O–H groups in total. The standard InChI is InChI=1S/C9H16F2N2O4/c1-2-17-8(14)5-13-9(15)12-3-4-16-6-7(10)11/h7H,2-6H2,1H3,(H2,12,13,15). The van der Waals surface area contributed by atoms with Crippen LogP contribution in [0.4, 0.5) is 13.6 Å². The van der Waals surface area contributed by atoms with Gasteiger partial charge in [-0.15, -0.1) is 0 Å². The predicted molar refractivity (Wildman–Crippen MR) is 54.9 cm³/mol. The molecule has 6 nitrogen and oxygen atoms in total. The molecule has 0 heterocycles. The van der Waals surface area contributed by atoms with Gasteiger partial charge < -0.3 is 20.1 Å². The van der Waals surface area contributed by atoms with Crippen LogP contribution in [0.15, 0.2) is 0 Å². The van der Waals surface area contributed by atoms with Gasteiger partial charge in [-0.05, 0) is 6.92 Å². The number of rotatable bonds is 8. The fraction of sp³-hybridized carbons (Fsp3) is 0.778. The van der Waals surface area contributed by atoms with Crippen molar-refractivity contribution in [3.05, 3.63) is 0 Å². The molecule has 0 unspecified atom stereocenters. The zero-order chi connectivity index (χ0) is 13.1. The SMILES string of the molecule is CCOC(=O)CNC(=O)NCCOCC(F)F. The molecule has 100 valence electrons. The van der Waals surface area contributed by atoms with Gasteiger partial charge in [0.2, 0.25) is 0 Å². The van der Waals surface area contributed by atoms with Crippen molar-refractivity contribution in [1.82, 2.24) is 10.6 Å². The summed E-state index contributed by atoms with van der Waals surface area (Å²) in [5.74, 6) is -0.545. The summed E-state index contributed by atoms with van der Waals surface area (Å²) in [5.41, 5.74) is 0. The molecule has 0 radical (unpaired) electrons. The van der Waals surface area contributed by atoms with Crippen LogP contribution in [-0.2, 0) is 14.3 Å². The number of hydrogen-bond acceptors (Lipinski definition) is 4. The number of esters is 1. The Morgan fingerprint density at radius 1 is 1.29 bits per heavy atom. The lowest BCUT2D eigenvalue weighted by Gasteiger charge is -2.07. The first kappa shape index (κ1) is 15.6. The van der Waals surface area contributed by atoms with Gasteiger partial charge in [-0.1, -0.05) is 0 Å². The summed E-state index contributed by atoms with van der Waals surface area (Å²) in [6.45, 7) is 1.06. The van der Waals surface area contributed by atoms with Crippen molar-refractivity contribution in [3.63, 3.8) is 0 Å². The third-order valence-corrected chi connectivity index (χ3v) is 1.47. The first-order chi connectivity index (χ1) is 8.06. The van der Waals surface area contributed by atoms with Crippen molar-refractivity contribution in [1.29, 1.82) is 0 Å². The van der Waals surface area contributed by atoms with Crippen molar-refractivity contribution in [3.8, 4) is 0 Å². The molecule has 17 heavy (non-hydrogen) atoms. The van der Waals surface area contributed by atoms with E-state index in [1.165, 1.54) is 0 Å². The van der Waals surface area contributed by atoms with Gasteiger partial charge >= 0.3 is 12.0 Å². The molecule has 0 aliphatic heterocycles. The van der Waals surface area contributed by atoms with Gasteiger partial charge in [0.25, 0.3) is 6.43 Å². The summed E-state index contributed by atoms with van der Waals surface area (Å²) in [4.78, 5) is 21.8. The Bertz CT molecular complexity index is 239. The summed E-state index contributed by atoms with van der Waals surface area (Å²) >= 11 is 0. The van der Waals surface area contributed by atoms with Crippen LogP contribution in [0.2, 0.25) is 0 Å². The molecule has 0 bridgehead atoms. The minimum atomic E-state index is -2.52. The first-order valence-electron chi connectivity index (χ1n) is 5.09. The molecule has 0 aromatic carbocycles. The van der Waals surface area contributed by atoms with Crippen LogP contribution in [0.5, 0.6) is 0 Å². The molecule has 0 rings (SSSR count). The Balaban J connectivity index is 3.38. The minimum absolute atomic E-state index is 0.0167. The average Bonchev–Trinajstić information content (AvgIpc) is 2.26. The Labute approximate surface area is 97.6 Å². The highest BCUT2D eigenvalue weighted by atomic mass is 19.3. The molecule has 0 aromatic heterocycles. The Morgan fingerprint density at radius 3 is 2.59 bits per heavy atom. The lowest BCUT2D eigenvalue weighted by molar-refractivity contribution is -0.141. The Morgan fingerprint density at radius 2 is 2.00 bits per heavy atom. The van der Waals surface area contributed by atoms with Gasteiger partial charge in [-0.2, -0.15) is 0 Å². The van der Waals surface area contributed by atoms with Crippen molar-refractivity contribution >= 4 is 12.0 Å². The number of carbonyl (C=O) groups excluding carboxylic acids is 2. The quantitative estimate of drug-likeness (QED) is 0.477. The zero-order valence-electron chi connectivity index (χ0n) is 9.50. The highest BCUT2D eigenvalue weighted by molar-refractivity contribution is 5.80. The van der Waals surface area contributed by atoms with Crippen LogP contribution in [0, 0.1) is 0 Å². The maximum Gasteiger partial charge on any atom is 0.325 e. The van der Waals surface area contributed by atoms with Gasteiger partial charge in [0.05, 0.1) is 13.2 Å². The zero-order valence-corrected chi connectivity index (χ0v) is 9.50. The molecule has 0 saturated heterocycles. The second-order valence-electron chi connectivity index (χ2n) is 2.88. The lowest BCUT2D eigenvalue weighted by atomic mass is 10.6. The van der Waals surface area contributed by atoms with Crippen LogP contribution in [0.3, 0.4) is 0 Å². The maximum atomic E-state index is 11.6. The van der Waals surface area contributed by atoms with Gasteiger partial charge in [-0.3, -0.25) is 4.79 Å². The summed E-state index contributed by atoms with van der Waals surface area (Å²) in [5, 5.41) is 4.56. The van der Waals surface area contributed by atoms with Crippen molar-refractivity contribution in [2.24, 2.45) is 0 Å². The van der Waals surface area contributed by atoms with Crippen LogP contribution < -0.4 is 10.6 Å². The molecule has 8 heteroatoms. The predicted octanol–water partition coefficient (Wildman–Crippen LogP) is 0.130. The number of nitrogens with one attached hydrogen (secondary N) is 2. The molecule has 0 saturated carbocycles. The normalized spacial score (nSPS) is 10.1. The van der Waals surface area contributed by atoms with Crippen LogP contribution in [0.1, 0.15) is 6.92 Å². The third kappa shape index (κ3) is 10.8. The largest absolute Gasteiger partial charge is 0.465 e. The van der Waals surface area contributed by atoms with Crippen LogP contribution >= 0.6 is 0 Å². The minimum Gasteiger partial charge on any atom is -0.465 e. The lowest BCUT2D eigenvalue weighted by Crippen LogP contribution is -2.40. The van der Waals surface area contributed by atoms with E-state index in [0.29, 0.717) is 0 Å². The maximum absolute atomic E-state index is 11.6. The van der Waals surface area contributed by atoms with E-state index in [4.69, 9.17) is 0 Å². The average molecular weight is 254 g/mol. The van der Waals surface area contributed by atoms with Gasteiger partial charge in [-0.25, -0.2) is 13.6 Å². The first-order valence-corrected chi connectivity index (χ1v) is 5.09. The van der Waals surface area contributed by atoms with Gasteiger partial charge in [0.1, 0.15) is 13.2 Å². The van der Waals surface area contributed by atoms with Crippen molar-refractivity contribution in [2.75, 3.05) is 32.9 Å². The molecular weight excluding hydrogens is 238 g/mol. The second-order valence-corrected chi connectivity index (χ2v) is 2.88. The number of hydrogen-bond donors (Lipinski definition) is 2. The highest BCUT2D eigenvalue weighted by Gasteiger charge is 2.05. The Hall–Kier alpha value is -1.44. The molecule has 0 aliphatic rings. The van der Waals surface area contributed by atoms with Gasteiger partial charge in [0, 0.05) is 6.54 Å². The van der Waals surface area contributed by atoms with E-state index >= 15 is 0 Å². The highest BCUT2D eigenvalue weighted by Crippen LogP contribution is 1.91. The van der Waals surface area contributed by atoms with Crippen LogP contribution in [0.25, 0.3) is 0 Å². The van der Waals surface area contributed by atoms with Crippen LogP contribution in [-0.4, -0.2) is 51.3 Å². The van der Waals surface area contributed by atoms with E-state index in [2.05, 4.69) is 20.1 Å². The number of urea groups is 1. The van der Waals surface area contributed by atoms with Gasteiger partial charge in [0.15, 0.2) is 0 Å². The van der Waals surface area contributed by atoms with E-state index in [9.17, 15) is 18.4 Å².